The minimum absolute atomic E-state index is 0.110. The number of rotatable bonds is 3. The van der Waals surface area contributed by atoms with Crippen molar-refractivity contribution in [3.8, 4) is 0 Å². The molecular weight excluding hydrogens is 385 g/mol. The Labute approximate surface area is 137 Å². The first-order chi connectivity index (χ1) is 9.88. The number of carbonyl (C=O) groups is 2. The first-order valence-electron chi connectivity index (χ1n) is 6.63. The molecule has 1 aromatic rings. The zero-order valence-corrected chi connectivity index (χ0v) is 14.1. The smallest absolute Gasteiger partial charge is 0.337 e. The molecule has 0 radical (unpaired) electrons. The highest BCUT2D eigenvalue weighted by Crippen LogP contribution is 2.21. The maximum Gasteiger partial charge on any atom is 0.337 e. The maximum absolute atomic E-state index is 12.2. The molecule has 6 nitrogen and oxygen atoms in total. The summed E-state index contributed by atoms with van der Waals surface area (Å²) in [7, 11) is 3.99. The predicted molar refractivity (Wildman–Crippen MR) is 88.8 cm³/mol. The summed E-state index contributed by atoms with van der Waals surface area (Å²) in [4.78, 5) is 27.3. The van der Waals surface area contributed by atoms with Crippen molar-refractivity contribution in [2.75, 3.05) is 32.5 Å². The van der Waals surface area contributed by atoms with Gasteiger partial charge in [-0.3, -0.25) is 0 Å². The van der Waals surface area contributed by atoms with E-state index in [1.165, 1.54) is 0 Å². The fourth-order valence-electron chi connectivity index (χ4n) is 2.34. The fraction of sp³-hybridized carbons (Fsp3) is 0.429. The summed E-state index contributed by atoms with van der Waals surface area (Å²) in [6.45, 7) is 1.34. The van der Waals surface area contributed by atoms with E-state index in [0.29, 0.717) is 24.8 Å². The van der Waals surface area contributed by atoms with Crippen LogP contribution in [0.15, 0.2) is 18.2 Å². The third-order valence-electron chi connectivity index (χ3n) is 3.63. The third kappa shape index (κ3) is 3.85. The molecule has 0 aromatic heterocycles. The molecule has 2 N–H and O–H groups in total. The van der Waals surface area contributed by atoms with Crippen LogP contribution in [-0.2, 0) is 0 Å². The average molecular weight is 403 g/mol. The molecule has 0 spiro atoms. The van der Waals surface area contributed by atoms with Gasteiger partial charge in [0.2, 0.25) is 0 Å². The van der Waals surface area contributed by atoms with Crippen LogP contribution in [0.4, 0.5) is 10.5 Å². The number of benzene rings is 1. The van der Waals surface area contributed by atoms with Crippen LogP contribution in [0.2, 0.25) is 0 Å². The number of carboxylic acid groups (broad SMARTS) is 1. The van der Waals surface area contributed by atoms with Crippen LogP contribution < -0.4 is 5.32 Å². The van der Waals surface area contributed by atoms with Crippen LogP contribution in [0.5, 0.6) is 0 Å². The van der Waals surface area contributed by atoms with Gasteiger partial charge in [0.1, 0.15) is 0 Å². The zero-order chi connectivity index (χ0) is 15.6. The molecule has 2 rings (SSSR count). The molecular formula is C14H18IN3O3. The number of anilines is 1. The van der Waals surface area contributed by atoms with Crippen LogP contribution in [-0.4, -0.2) is 60.1 Å². The summed E-state index contributed by atoms with van der Waals surface area (Å²) < 4.78 is 0.817. The maximum atomic E-state index is 12.2. The number of likely N-dealkylation sites (N-methyl/N-ethyl adjacent to an activating group) is 1. The van der Waals surface area contributed by atoms with Crippen molar-refractivity contribution in [2.45, 2.75) is 12.5 Å². The number of hydrogen-bond donors (Lipinski definition) is 2. The number of carbonyl (C=O) groups excluding carboxylic acids is 1. The van der Waals surface area contributed by atoms with Gasteiger partial charge >= 0.3 is 12.0 Å². The topological polar surface area (TPSA) is 72.9 Å². The van der Waals surface area contributed by atoms with Gasteiger partial charge < -0.3 is 20.2 Å². The lowest BCUT2D eigenvalue weighted by atomic mass is 10.2. The largest absolute Gasteiger partial charge is 0.478 e. The van der Waals surface area contributed by atoms with Gasteiger partial charge in [0.15, 0.2) is 0 Å². The minimum Gasteiger partial charge on any atom is -0.478 e. The molecule has 1 unspecified atom stereocenters. The second-order valence-electron chi connectivity index (χ2n) is 5.28. The summed E-state index contributed by atoms with van der Waals surface area (Å²) in [6.07, 6.45) is 0.929. The average Bonchev–Trinajstić information content (AvgIpc) is 2.90. The number of halogens is 1. The number of amides is 2. The van der Waals surface area contributed by atoms with Gasteiger partial charge in [0, 0.05) is 22.7 Å². The summed E-state index contributed by atoms with van der Waals surface area (Å²) in [5, 5.41) is 11.9. The van der Waals surface area contributed by atoms with Gasteiger partial charge in [-0.1, -0.05) is 0 Å². The minimum atomic E-state index is -1.04. The van der Waals surface area contributed by atoms with Crippen LogP contribution in [0, 0.1) is 3.57 Å². The van der Waals surface area contributed by atoms with E-state index >= 15 is 0 Å². The Morgan fingerprint density at radius 2 is 2.14 bits per heavy atom. The van der Waals surface area contributed by atoms with Gasteiger partial charge in [-0.15, -0.1) is 0 Å². The van der Waals surface area contributed by atoms with Crippen molar-refractivity contribution < 1.29 is 14.7 Å². The van der Waals surface area contributed by atoms with Crippen molar-refractivity contribution in [2.24, 2.45) is 0 Å². The summed E-state index contributed by atoms with van der Waals surface area (Å²) in [6, 6.07) is 5.05. The van der Waals surface area contributed by atoms with Crippen LogP contribution in [0.25, 0.3) is 0 Å². The molecule has 1 aliphatic heterocycles. The van der Waals surface area contributed by atoms with Gasteiger partial charge in [-0.25, -0.2) is 9.59 Å². The van der Waals surface area contributed by atoms with E-state index < -0.39 is 5.97 Å². The summed E-state index contributed by atoms with van der Waals surface area (Å²) in [5.41, 5.74) is 0.444. The lowest BCUT2D eigenvalue weighted by Gasteiger charge is -2.21. The number of hydrogen-bond acceptors (Lipinski definition) is 3. The molecule has 7 heteroatoms. The number of nitrogens with one attached hydrogen (secondary N) is 1. The highest BCUT2D eigenvalue weighted by molar-refractivity contribution is 14.1. The molecule has 1 aromatic carbocycles. The second kappa shape index (κ2) is 6.61. The Morgan fingerprint density at radius 3 is 2.71 bits per heavy atom. The standard InChI is InChI=1S/C14H18IN3O3/c1-17(2)10-5-6-18(8-10)14(21)16-12-4-3-9(15)7-11(12)13(19)20/h3-4,7,10H,5-6,8H2,1-2H3,(H,16,21)(H,19,20). The molecule has 2 amide bonds. The SMILES string of the molecule is CN(C)C1CCN(C(=O)Nc2ccc(I)cc2C(=O)O)C1. The lowest BCUT2D eigenvalue weighted by molar-refractivity contribution is 0.0698. The molecule has 1 atom stereocenters. The molecule has 0 aliphatic carbocycles. The zero-order valence-electron chi connectivity index (χ0n) is 12.0. The van der Waals surface area contributed by atoms with Gasteiger partial charge in [0.25, 0.3) is 0 Å². The van der Waals surface area contributed by atoms with Crippen LogP contribution in [0.3, 0.4) is 0 Å². The molecule has 1 fully saturated rings. The number of likely N-dealkylation sites (tertiary alicyclic amines) is 1. The number of nitrogens with zero attached hydrogens (tertiary/aromatic N) is 2. The molecule has 1 saturated heterocycles. The highest BCUT2D eigenvalue weighted by atomic mass is 127. The molecule has 1 heterocycles. The second-order valence-corrected chi connectivity index (χ2v) is 6.52. The Kier molecular flexibility index (Phi) is 5.04. The Morgan fingerprint density at radius 1 is 1.43 bits per heavy atom. The molecule has 114 valence electrons. The van der Waals surface area contributed by atoms with Crippen molar-refractivity contribution >= 4 is 40.3 Å². The van der Waals surface area contributed by atoms with Gasteiger partial charge in [-0.2, -0.15) is 0 Å². The summed E-state index contributed by atoms with van der Waals surface area (Å²) >= 11 is 2.05. The Bertz CT molecular complexity index is 562. The quantitative estimate of drug-likeness (QED) is 0.759. The fourth-order valence-corrected chi connectivity index (χ4v) is 2.84. The van der Waals surface area contributed by atoms with E-state index in [1.807, 2.05) is 36.7 Å². The highest BCUT2D eigenvalue weighted by Gasteiger charge is 2.28. The van der Waals surface area contributed by atoms with Gasteiger partial charge in [-0.05, 0) is 61.3 Å². The van der Waals surface area contributed by atoms with E-state index in [1.54, 1.807) is 23.1 Å². The van der Waals surface area contributed by atoms with E-state index in [-0.39, 0.29) is 11.6 Å². The van der Waals surface area contributed by atoms with Crippen molar-refractivity contribution in [1.82, 2.24) is 9.80 Å². The van der Waals surface area contributed by atoms with Crippen LogP contribution >= 0.6 is 22.6 Å². The molecule has 0 bridgehead atoms. The van der Waals surface area contributed by atoms with Crippen LogP contribution in [0.1, 0.15) is 16.8 Å². The van der Waals surface area contributed by atoms with E-state index in [0.717, 1.165) is 9.99 Å². The normalized spacial score (nSPS) is 18.1. The van der Waals surface area contributed by atoms with Crippen molar-refractivity contribution in [3.63, 3.8) is 0 Å². The van der Waals surface area contributed by atoms with E-state index in [9.17, 15) is 14.7 Å². The first-order valence-corrected chi connectivity index (χ1v) is 7.71. The number of aromatic carboxylic acids is 1. The van der Waals surface area contributed by atoms with Crippen molar-refractivity contribution in [3.05, 3.63) is 27.3 Å². The number of urea groups is 1. The first kappa shape index (κ1) is 16.0. The number of carboxylic acids is 1. The Hall–Kier alpha value is -1.35. The van der Waals surface area contributed by atoms with E-state index in [2.05, 4.69) is 10.2 Å². The van der Waals surface area contributed by atoms with Crippen molar-refractivity contribution in [1.29, 1.82) is 0 Å². The predicted octanol–water partition coefficient (Wildman–Crippen LogP) is 2.16. The van der Waals surface area contributed by atoms with E-state index in [4.69, 9.17) is 0 Å². The molecule has 1 aliphatic rings. The van der Waals surface area contributed by atoms with Gasteiger partial charge in [0.05, 0.1) is 11.3 Å². The monoisotopic (exact) mass is 403 g/mol. The lowest BCUT2D eigenvalue weighted by Crippen LogP contribution is -2.37. The molecule has 21 heavy (non-hydrogen) atoms. The molecule has 0 saturated carbocycles. The Balaban J connectivity index is 2.09. The summed E-state index contributed by atoms with van der Waals surface area (Å²) in [5.74, 6) is -1.04. The third-order valence-corrected chi connectivity index (χ3v) is 4.31.